The zero-order valence-corrected chi connectivity index (χ0v) is 14.3. The van der Waals surface area contributed by atoms with Crippen molar-refractivity contribution in [3.05, 3.63) is 71.8 Å². The van der Waals surface area contributed by atoms with Gasteiger partial charge in [0.1, 0.15) is 0 Å². The summed E-state index contributed by atoms with van der Waals surface area (Å²) >= 11 is 0. The van der Waals surface area contributed by atoms with Crippen LogP contribution in [0.4, 0.5) is 0 Å². The third kappa shape index (κ3) is 2.82. The Hall–Kier alpha value is -1.98. The molecule has 0 amide bonds. The molecular weight excluding hydrogens is 310 g/mol. The Morgan fingerprint density at radius 3 is 1.70 bits per heavy atom. The number of rotatable bonds is 4. The van der Waals surface area contributed by atoms with Crippen molar-refractivity contribution in [2.75, 3.05) is 0 Å². The van der Waals surface area contributed by atoms with E-state index in [2.05, 4.69) is 0 Å². The van der Waals surface area contributed by atoms with Gasteiger partial charge in [-0.15, -0.1) is 0 Å². The van der Waals surface area contributed by atoms with Crippen LogP contribution in [-0.2, 0) is 14.8 Å². The molecule has 0 bridgehead atoms. The van der Waals surface area contributed by atoms with Crippen LogP contribution < -0.4 is 5.14 Å². The van der Waals surface area contributed by atoms with E-state index in [0.717, 1.165) is 0 Å². The zero-order chi connectivity index (χ0) is 17.3. The summed E-state index contributed by atoms with van der Waals surface area (Å²) in [6.45, 7) is 5.14. The molecule has 0 aromatic heterocycles. The largest absolute Gasteiger partial charge is 0.292 e. The highest BCUT2D eigenvalue weighted by atomic mass is 32.2. The molecule has 1 atom stereocenters. The third-order valence-electron chi connectivity index (χ3n) is 4.02. The van der Waals surface area contributed by atoms with E-state index in [9.17, 15) is 13.2 Å². The molecule has 23 heavy (non-hydrogen) atoms. The molecule has 0 aliphatic rings. The molecule has 0 radical (unpaired) electrons. The first kappa shape index (κ1) is 17.4. The fourth-order valence-corrected chi connectivity index (χ4v) is 4.79. The highest BCUT2D eigenvalue weighted by Crippen LogP contribution is 2.47. The van der Waals surface area contributed by atoms with E-state index in [1.165, 1.54) is 0 Å². The van der Waals surface area contributed by atoms with Crippen LogP contribution in [0.5, 0.6) is 0 Å². The van der Waals surface area contributed by atoms with Gasteiger partial charge < -0.3 is 0 Å². The fraction of sp³-hybridized carbons (Fsp3) is 0.278. The highest BCUT2D eigenvalue weighted by molar-refractivity contribution is 7.91. The van der Waals surface area contributed by atoms with Crippen molar-refractivity contribution >= 4 is 15.8 Å². The number of hydrogen-bond acceptors (Lipinski definition) is 3. The molecular formula is C18H21NO3S. The van der Waals surface area contributed by atoms with Crippen molar-refractivity contribution in [3.8, 4) is 0 Å². The molecule has 2 aromatic carbocycles. The van der Waals surface area contributed by atoms with Gasteiger partial charge >= 0.3 is 0 Å². The molecule has 0 aliphatic carbocycles. The normalized spacial score (nSPS) is 15.0. The standard InChI is InChI=1S/C18H21NO3S/c1-17(2,3)18(23(19,21)22,15-12-8-5-9-13-15)16(20)14-10-6-4-7-11-14/h4-13H,1-3H3,(H2,19,21,22). The topological polar surface area (TPSA) is 77.2 Å². The Bertz CT molecular complexity index is 793. The average molecular weight is 331 g/mol. The molecule has 2 rings (SSSR count). The number of ketones is 1. The summed E-state index contributed by atoms with van der Waals surface area (Å²) < 4.78 is 23.5. The molecule has 122 valence electrons. The van der Waals surface area contributed by atoms with Crippen molar-refractivity contribution in [2.24, 2.45) is 10.6 Å². The van der Waals surface area contributed by atoms with Gasteiger partial charge in [0.05, 0.1) is 0 Å². The predicted octanol–water partition coefficient (Wildman–Crippen LogP) is 3.10. The Morgan fingerprint density at radius 1 is 0.870 bits per heavy atom. The summed E-state index contributed by atoms with van der Waals surface area (Å²) in [6.07, 6.45) is 0. The number of sulfonamides is 1. The lowest BCUT2D eigenvalue weighted by Gasteiger charge is -2.41. The smallest absolute Gasteiger partial charge is 0.227 e. The molecule has 0 spiro atoms. The lowest BCUT2D eigenvalue weighted by atomic mass is 9.71. The lowest BCUT2D eigenvalue weighted by molar-refractivity contribution is 0.0852. The zero-order valence-electron chi connectivity index (χ0n) is 13.5. The van der Waals surface area contributed by atoms with Gasteiger partial charge in [0.2, 0.25) is 10.0 Å². The van der Waals surface area contributed by atoms with Crippen LogP contribution >= 0.6 is 0 Å². The van der Waals surface area contributed by atoms with Gasteiger partial charge in [0.25, 0.3) is 0 Å². The van der Waals surface area contributed by atoms with Gasteiger partial charge in [-0.1, -0.05) is 81.4 Å². The number of primary sulfonamides is 1. The van der Waals surface area contributed by atoms with Crippen LogP contribution in [0.2, 0.25) is 0 Å². The van der Waals surface area contributed by atoms with Gasteiger partial charge in [0, 0.05) is 5.56 Å². The third-order valence-corrected chi connectivity index (χ3v) is 5.91. The first-order valence-electron chi connectivity index (χ1n) is 7.30. The van der Waals surface area contributed by atoms with E-state index in [-0.39, 0.29) is 0 Å². The molecule has 2 N–H and O–H groups in total. The Balaban J connectivity index is 2.88. The SMILES string of the molecule is CC(C)(C)C(C(=O)c1ccccc1)(c1ccccc1)S(N)(=O)=O. The second-order valence-corrected chi connectivity index (χ2v) is 8.24. The predicted molar refractivity (Wildman–Crippen MR) is 91.5 cm³/mol. The van der Waals surface area contributed by atoms with E-state index < -0.39 is 26.0 Å². The Kier molecular flexibility index (Phi) is 4.46. The second-order valence-electron chi connectivity index (χ2n) is 6.54. The van der Waals surface area contributed by atoms with Crippen molar-refractivity contribution in [3.63, 3.8) is 0 Å². The minimum Gasteiger partial charge on any atom is -0.292 e. The lowest BCUT2D eigenvalue weighted by Crippen LogP contribution is -2.56. The van der Waals surface area contributed by atoms with Crippen LogP contribution in [0.15, 0.2) is 60.7 Å². The number of Topliss-reactive ketones (excluding diaryl/α,β-unsaturated/α-hetero) is 1. The van der Waals surface area contributed by atoms with Crippen molar-refractivity contribution in [1.29, 1.82) is 0 Å². The molecule has 0 saturated carbocycles. The van der Waals surface area contributed by atoms with Gasteiger partial charge in [-0.05, 0) is 11.0 Å². The number of hydrogen-bond donors (Lipinski definition) is 1. The molecule has 5 heteroatoms. The van der Waals surface area contributed by atoms with Crippen molar-refractivity contribution in [1.82, 2.24) is 0 Å². The van der Waals surface area contributed by atoms with Crippen LogP contribution in [0.25, 0.3) is 0 Å². The Morgan fingerprint density at radius 2 is 1.30 bits per heavy atom. The first-order chi connectivity index (χ1) is 10.6. The highest BCUT2D eigenvalue weighted by Gasteiger charge is 2.58. The molecule has 2 aromatic rings. The molecule has 0 fully saturated rings. The number of nitrogens with two attached hydrogens (primary N) is 1. The summed E-state index contributed by atoms with van der Waals surface area (Å²) in [6, 6.07) is 16.9. The van der Waals surface area contributed by atoms with E-state index >= 15 is 0 Å². The summed E-state index contributed by atoms with van der Waals surface area (Å²) in [7, 11) is -4.23. The van der Waals surface area contributed by atoms with Gasteiger partial charge in [-0.2, -0.15) is 0 Å². The number of benzene rings is 2. The van der Waals surface area contributed by atoms with E-state index in [1.807, 2.05) is 0 Å². The summed E-state index contributed by atoms with van der Waals surface area (Å²) in [5.74, 6) is -0.515. The summed E-state index contributed by atoms with van der Waals surface area (Å²) in [5.41, 5.74) is -0.237. The van der Waals surface area contributed by atoms with Crippen LogP contribution in [0.1, 0.15) is 36.7 Å². The van der Waals surface area contributed by atoms with E-state index in [4.69, 9.17) is 5.14 Å². The molecule has 0 aliphatic heterocycles. The summed E-state index contributed by atoms with van der Waals surface area (Å²) in [5, 5.41) is 5.62. The van der Waals surface area contributed by atoms with Gasteiger partial charge in [-0.25, -0.2) is 13.6 Å². The maximum Gasteiger partial charge on any atom is 0.227 e. The summed E-state index contributed by atoms with van der Waals surface area (Å²) in [4.78, 5) is 13.3. The van der Waals surface area contributed by atoms with Gasteiger partial charge in [0.15, 0.2) is 10.5 Å². The minimum absolute atomic E-state index is 0.320. The maximum atomic E-state index is 13.3. The minimum atomic E-state index is -4.23. The maximum absolute atomic E-state index is 13.3. The van der Waals surface area contributed by atoms with E-state index in [0.29, 0.717) is 11.1 Å². The Labute approximate surface area is 137 Å². The van der Waals surface area contributed by atoms with Crippen LogP contribution in [0, 0.1) is 5.41 Å². The number of carbonyl (C=O) groups is 1. The second kappa shape index (κ2) is 5.91. The first-order valence-corrected chi connectivity index (χ1v) is 8.84. The quantitative estimate of drug-likeness (QED) is 0.875. The fourth-order valence-electron chi connectivity index (χ4n) is 3.09. The van der Waals surface area contributed by atoms with Crippen LogP contribution in [0.3, 0.4) is 0 Å². The van der Waals surface area contributed by atoms with Crippen molar-refractivity contribution in [2.45, 2.75) is 25.5 Å². The van der Waals surface area contributed by atoms with E-state index in [1.54, 1.807) is 81.4 Å². The molecule has 0 saturated heterocycles. The average Bonchev–Trinajstić information content (AvgIpc) is 2.47. The van der Waals surface area contributed by atoms with Crippen LogP contribution in [-0.4, -0.2) is 14.2 Å². The molecule has 0 heterocycles. The monoisotopic (exact) mass is 331 g/mol. The number of carbonyl (C=O) groups excluding carboxylic acids is 1. The molecule has 1 unspecified atom stereocenters. The molecule has 4 nitrogen and oxygen atoms in total. The van der Waals surface area contributed by atoms with Gasteiger partial charge in [-0.3, -0.25) is 4.79 Å². The van der Waals surface area contributed by atoms with Crippen molar-refractivity contribution < 1.29 is 13.2 Å².